The van der Waals surface area contributed by atoms with E-state index in [0.29, 0.717) is 0 Å². The molecule has 4 nitrogen and oxygen atoms in total. The minimum Gasteiger partial charge on any atom is -0.337 e. The Hall–Kier alpha value is -1.84. The third-order valence-electron chi connectivity index (χ3n) is 4.10. The van der Waals surface area contributed by atoms with Crippen molar-refractivity contribution >= 4 is 11.6 Å². The van der Waals surface area contributed by atoms with Crippen LogP contribution in [0.4, 0.5) is 0 Å². The van der Waals surface area contributed by atoms with Gasteiger partial charge in [0.1, 0.15) is 11.3 Å². The van der Waals surface area contributed by atoms with E-state index >= 15 is 0 Å². The van der Waals surface area contributed by atoms with Crippen molar-refractivity contribution in [1.82, 2.24) is 14.3 Å². The van der Waals surface area contributed by atoms with Crippen LogP contribution in [0.3, 0.4) is 0 Å². The number of piperidine rings is 1. The Bertz CT molecular complexity index is 638. The van der Waals surface area contributed by atoms with Gasteiger partial charge >= 0.3 is 0 Å². The number of pyridine rings is 1. The fraction of sp³-hybridized carbons (Fsp3) is 0.500. The third-order valence-corrected chi connectivity index (χ3v) is 4.10. The molecule has 0 atom stereocenters. The largest absolute Gasteiger partial charge is 0.337 e. The van der Waals surface area contributed by atoms with E-state index in [1.54, 1.807) is 0 Å². The first kappa shape index (κ1) is 13.2. The standard InChI is InChI=1S/C16H21N3O/c1-3-13-14(16(20)18-9-5-4-6-10-18)19-11-7-8-12(2)15(19)17-13/h7-8,11H,3-6,9-10H2,1-2H3. The molecule has 20 heavy (non-hydrogen) atoms. The van der Waals surface area contributed by atoms with Gasteiger partial charge in [0.15, 0.2) is 0 Å². The summed E-state index contributed by atoms with van der Waals surface area (Å²) in [6.45, 7) is 5.85. The molecule has 2 aromatic rings. The van der Waals surface area contributed by atoms with E-state index in [-0.39, 0.29) is 5.91 Å². The van der Waals surface area contributed by atoms with Crippen molar-refractivity contribution in [2.45, 2.75) is 39.5 Å². The van der Waals surface area contributed by atoms with E-state index in [4.69, 9.17) is 0 Å². The number of imidazole rings is 1. The molecule has 0 radical (unpaired) electrons. The maximum atomic E-state index is 12.8. The highest BCUT2D eigenvalue weighted by atomic mass is 16.2. The summed E-state index contributed by atoms with van der Waals surface area (Å²) in [6, 6.07) is 4.02. The van der Waals surface area contributed by atoms with Gasteiger partial charge in [-0.05, 0) is 44.2 Å². The number of rotatable bonds is 2. The predicted octanol–water partition coefficient (Wildman–Crippen LogP) is 2.83. The number of hydrogen-bond donors (Lipinski definition) is 0. The number of carbonyl (C=O) groups is 1. The van der Waals surface area contributed by atoms with Crippen molar-refractivity contribution in [3.05, 3.63) is 35.3 Å². The van der Waals surface area contributed by atoms with Crippen LogP contribution in [0.1, 0.15) is 47.9 Å². The van der Waals surface area contributed by atoms with Gasteiger partial charge in [0, 0.05) is 19.3 Å². The molecule has 3 rings (SSSR count). The van der Waals surface area contributed by atoms with Gasteiger partial charge in [-0.15, -0.1) is 0 Å². The molecule has 1 saturated heterocycles. The average Bonchev–Trinajstić information content (AvgIpc) is 2.87. The summed E-state index contributed by atoms with van der Waals surface area (Å²) in [6.07, 6.45) is 6.20. The van der Waals surface area contributed by atoms with Crippen LogP contribution >= 0.6 is 0 Å². The van der Waals surface area contributed by atoms with E-state index in [1.807, 2.05) is 34.6 Å². The molecular formula is C16H21N3O. The minimum atomic E-state index is 0.139. The molecule has 1 amide bonds. The molecule has 3 heterocycles. The Morgan fingerprint density at radius 3 is 2.75 bits per heavy atom. The van der Waals surface area contributed by atoms with Crippen molar-refractivity contribution in [1.29, 1.82) is 0 Å². The quantitative estimate of drug-likeness (QED) is 0.842. The number of aromatic nitrogens is 2. The molecule has 0 aromatic carbocycles. The zero-order valence-corrected chi connectivity index (χ0v) is 12.2. The van der Waals surface area contributed by atoms with Gasteiger partial charge in [0.25, 0.3) is 5.91 Å². The topological polar surface area (TPSA) is 37.6 Å². The Labute approximate surface area is 119 Å². The van der Waals surface area contributed by atoms with Crippen LogP contribution in [-0.4, -0.2) is 33.3 Å². The van der Waals surface area contributed by atoms with E-state index in [2.05, 4.69) is 11.9 Å². The van der Waals surface area contributed by atoms with Gasteiger partial charge in [-0.2, -0.15) is 0 Å². The van der Waals surface area contributed by atoms with E-state index in [9.17, 15) is 4.79 Å². The maximum Gasteiger partial charge on any atom is 0.272 e. The lowest BCUT2D eigenvalue weighted by atomic mass is 10.1. The molecule has 1 fully saturated rings. The highest BCUT2D eigenvalue weighted by Crippen LogP contribution is 2.20. The molecule has 0 bridgehead atoms. The lowest BCUT2D eigenvalue weighted by Gasteiger charge is -2.26. The summed E-state index contributed by atoms with van der Waals surface area (Å²) in [5, 5.41) is 0. The summed E-state index contributed by atoms with van der Waals surface area (Å²) in [4.78, 5) is 19.5. The van der Waals surface area contributed by atoms with Crippen molar-refractivity contribution in [2.24, 2.45) is 0 Å². The van der Waals surface area contributed by atoms with Crippen molar-refractivity contribution < 1.29 is 4.79 Å². The number of fused-ring (bicyclic) bond motifs is 1. The van der Waals surface area contributed by atoms with Crippen LogP contribution in [0.25, 0.3) is 5.65 Å². The molecule has 0 aliphatic carbocycles. The zero-order valence-electron chi connectivity index (χ0n) is 12.2. The second kappa shape index (κ2) is 5.27. The number of carbonyl (C=O) groups excluding carboxylic acids is 1. The first-order valence-corrected chi connectivity index (χ1v) is 7.48. The van der Waals surface area contributed by atoms with E-state index in [1.165, 1.54) is 6.42 Å². The fourth-order valence-corrected chi connectivity index (χ4v) is 2.97. The molecule has 4 heteroatoms. The number of amides is 1. The van der Waals surface area contributed by atoms with Gasteiger partial charge in [-0.1, -0.05) is 13.0 Å². The highest BCUT2D eigenvalue weighted by molar-refractivity contribution is 5.95. The lowest BCUT2D eigenvalue weighted by Crippen LogP contribution is -2.36. The first-order chi connectivity index (χ1) is 9.72. The van der Waals surface area contributed by atoms with Gasteiger partial charge < -0.3 is 4.90 Å². The summed E-state index contributed by atoms with van der Waals surface area (Å²) < 4.78 is 1.96. The molecule has 1 aliphatic heterocycles. The second-order valence-corrected chi connectivity index (χ2v) is 5.50. The highest BCUT2D eigenvalue weighted by Gasteiger charge is 2.24. The van der Waals surface area contributed by atoms with E-state index in [0.717, 1.165) is 55.0 Å². The predicted molar refractivity (Wildman–Crippen MR) is 79.1 cm³/mol. The molecular weight excluding hydrogens is 250 g/mol. The summed E-state index contributed by atoms with van der Waals surface area (Å²) >= 11 is 0. The lowest BCUT2D eigenvalue weighted by molar-refractivity contribution is 0.0716. The van der Waals surface area contributed by atoms with Crippen molar-refractivity contribution in [3.8, 4) is 0 Å². The van der Waals surface area contributed by atoms with Crippen LogP contribution in [0.15, 0.2) is 18.3 Å². The Morgan fingerprint density at radius 2 is 2.05 bits per heavy atom. The minimum absolute atomic E-state index is 0.139. The molecule has 0 unspecified atom stereocenters. The summed E-state index contributed by atoms with van der Waals surface area (Å²) in [7, 11) is 0. The smallest absolute Gasteiger partial charge is 0.272 e. The third kappa shape index (κ3) is 2.09. The van der Waals surface area contributed by atoms with Crippen LogP contribution in [0, 0.1) is 6.92 Å². The van der Waals surface area contributed by atoms with Crippen LogP contribution in [0.5, 0.6) is 0 Å². The Kier molecular flexibility index (Phi) is 3.47. The van der Waals surface area contributed by atoms with E-state index < -0.39 is 0 Å². The maximum absolute atomic E-state index is 12.8. The van der Waals surface area contributed by atoms with Crippen LogP contribution in [0.2, 0.25) is 0 Å². The van der Waals surface area contributed by atoms with Gasteiger partial charge in [0.05, 0.1) is 5.69 Å². The molecule has 1 aliphatic rings. The Balaban J connectivity index is 2.09. The molecule has 0 saturated carbocycles. The summed E-state index contributed by atoms with van der Waals surface area (Å²) in [5.74, 6) is 0.139. The van der Waals surface area contributed by atoms with Crippen LogP contribution in [-0.2, 0) is 6.42 Å². The SMILES string of the molecule is CCc1nc2c(C)cccn2c1C(=O)N1CCCCC1. The van der Waals surface area contributed by atoms with Gasteiger partial charge in [-0.25, -0.2) is 4.98 Å². The number of aryl methyl sites for hydroxylation is 2. The normalized spacial score (nSPS) is 15.8. The Morgan fingerprint density at radius 1 is 1.30 bits per heavy atom. The van der Waals surface area contributed by atoms with Crippen LogP contribution < -0.4 is 0 Å². The number of nitrogens with zero attached hydrogens (tertiary/aromatic N) is 3. The second-order valence-electron chi connectivity index (χ2n) is 5.50. The summed E-state index contributed by atoms with van der Waals surface area (Å²) in [5.41, 5.74) is 3.69. The molecule has 0 N–H and O–H groups in total. The fourth-order valence-electron chi connectivity index (χ4n) is 2.97. The monoisotopic (exact) mass is 271 g/mol. The van der Waals surface area contributed by atoms with Gasteiger partial charge in [0.2, 0.25) is 0 Å². The molecule has 0 spiro atoms. The number of hydrogen-bond acceptors (Lipinski definition) is 2. The average molecular weight is 271 g/mol. The first-order valence-electron chi connectivity index (χ1n) is 7.48. The van der Waals surface area contributed by atoms with Gasteiger partial charge in [-0.3, -0.25) is 9.20 Å². The molecule has 106 valence electrons. The van der Waals surface area contributed by atoms with Crippen molar-refractivity contribution in [3.63, 3.8) is 0 Å². The molecule has 2 aromatic heterocycles. The number of likely N-dealkylation sites (tertiary alicyclic amines) is 1. The zero-order chi connectivity index (χ0) is 14.1. The van der Waals surface area contributed by atoms with Crippen molar-refractivity contribution in [2.75, 3.05) is 13.1 Å².